The fourth-order valence-electron chi connectivity index (χ4n) is 0.973. The van der Waals surface area contributed by atoms with Crippen molar-refractivity contribution in [2.24, 2.45) is 5.73 Å². The molecule has 0 saturated carbocycles. The summed E-state index contributed by atoms with van der Waals surface area (Å²) in [5, 5.41) is 20.5. The van der Waals surface area contributed by atoms with E-state index in [9.17, 15) is 4.79 Å². The van der Waals surface area contributed by atoms with Crippen LogP contribution in [-0.2, 0) is 11.2 Å². The van der Waals surface area contributed by atoms with Crippen LogP contribution in [0.4, 0.5) is 0 Å². The Bertz CT molecular complexity index is 333. The van der Waals surface area contributed by atoms with Crippen LogP contribution in [0.5, 0.6) is 5.75 Å². The van der Waals surface area contributed by atoms with Gasteiger partial charge in [-0.1, -0.05) is 12.1 Å². The summed E-state index contributed by atoms with van der Waals surface area (Å²) in [5.41, 5.74) is 6.12. The molecule has 2 rings (SSSR count). The Kier molecular flexibility index (Phi) is 4.75. The number of phenols is 1. The second-order valence-electron chi connectivity index (χ2n) is 3.57. The van der Waals surface area contributed by atoms with E-state index in [0.717, 1.165) is 5.56 Å². The Hall–Kier alpha value is -1.59. The van der Waals surface area contributed by atoms with Crippen molar-refractivity contribution in [2.45, 2.75) is 12.5 Å². The second-order valence-corrected chi connectivity index (χ2v) is 3.57. The molecule has 1 aliphatic heterocycles. The van der Waals surface area contributed by atoms with Crippen molar-refractivity contribution < 1.29 is 15.0 Å². The minimum absolute atomic E-state index is 0.160. The third-order valence-corrected chi connectivity index (χ3v) is 1.96. The molecule has 0 bridgehead atoms. The number of rotatable bonds is 3. The number of carboxylic acid groups (broad SMARTS) is 1. The van der Waals surface area contributed by atoms with Crippen molar-refractivity contribution in [3.63, 3.8) is 0 Å². The molecule has 88 valence electrons. The lowest BCUT2D eigenvalue weighted by atomic mass is 10.1. The predicted molar refractivity (Wildman–Crippen MR) is 60.3 cm³/mol. The van der Waals surface area contributed by atoms with Gasteiger partial charge < -0.3 is 21.3 Å². The Morgan fingerprint density at radius 2 is 1.88 bits per heavy atom. The summed E-state index contributed by atoms with van der Waals surface area (Å²) in [5.74, 6) is -0.860. The van der Waals surface area contributed by atoms with Gasteiger partial charge in [-0.05, 0) is 24.1 Å². The van der Waals surface area contributed by atoms with Crippen LogP contribution in [0.1, 0.15) is 5.56 Å². The van der Waals surface area contributed by atoms with Gasteiger partial charge in [0.1, 0.15) is 11.8 Å². The smallest absolute Gasteiger partial charge is 0.320 e. The van der Waals surface area contributed by atoms with E-state index in [1.807, 2.05) is 0 Å². The fraction of sp³-hybridized carbons (Fsp3) is 0.364. The lowest BCUT2D eigenvalue weighted by Gasteiger charge is -2.05. The zero-order valence-corrected chi connectivity index (χ0v) is 8.89. The SMILES string of the molecule is C1CN1.N[C@@H](Cc1ccc(O)cc1)C(=O)O. The molecule has 5 nitrogen and oxygen atoms in total. The van der Waals surface area contributed by atoms with Gasteiger partial charge in [0.25, 0.3) is 0 Å². The molecular weight excluding hydrogens is 208 g/mol. The van der Waals surface area contributed by atoms with Crippen LogP contribution in [0.25, 0.3) is 0 Å². The van der Waals surface area contributed by atoms with Crippen LogP contribution in [0.2, 0.25) is 0 Å². The van der Waals surface area contributed by atoms with E-state index in [2.05, 4.69) is 5.32 Å². The molecule has 1 aliphatic rings. The molecule has 5 N–H and O–H groups in total. The van der Waals surface area contributed by atoms with Crippen LogP contribution in [0.15, 0.2) is 24.3 Å². The number of nitrogens with one attached hydrogen (secondary N) is 1. The van der Waals surface area contributed by atoms with E-state index < -0.39 is 12.0 Å². The number of aliphatic carboxylic acids is 1. The molecule has 5 heteroatoms. The average molecular weight is 224 g/mol. The van der Waals surface area contributed by atoms with Gasteiger partial charge in [-0.2, -0.15) is 0 Å². The van der Waals surface area contributed by atoms with Crippen molar-refractivity contribution in [1.29, 1.82) is 0 Å². The van der Waals surface area contributed by atoms with E-state index in [1.54, 1.807) is 12.1 Å². The minimum atomic E-state index is -1.02. The maximum Gasteiger partial charge on any atom is 0.320 e. The number of carboxylic acids is 1. The molecule has 0 aromatic heterocycles. The van der Waals surface area contributed by atoms with Crippen LogP contribution in [0, 0.1) is 0 Å². The first kappa shape index (κ1) is 12.5. The lowest BCUT2D eigenvalue weighted by Crippen LogP contribution is -2.32. The van der Waals surface area contributed by atoms with Crippen molar-refractivity contribution >= 4 is 5.97 Å². The number of hydrogen-bond acceptors (Lipinski definition) is 4. The first-order chi connectivity index (χ1) is 7.59. The normalized spacial score (nSPS) is 14.6. The van der Waals surface area contributed by atoms with Crippen LogP contribution in [-0.4, -0.2) is 35.3 Å². The van der Waals surface area contributed by atoms with Gasteiger partial charge in [-0.25, -0.2) is 0 Å². The summed E-state index contributed by atoms with van der Waals surface area (Å²) < 4.78 is 0. The molecule has 1 fully saturated rings. The molecule has 0 amide bonds. The first-order valence-electron chi connectivity index (χ1n) is 5.06. The first-order valence-corrected chi connectivity index (χ1v) is 5.06. The van der Waals surface area contributed by atoms with Gasteiger partial charge in [0, 0.05) is 13.1 Å². The summed E-state index contributed by atoms with van der Waals surface area (Å²) in [6.07, 6.45) is 0.273. The molecule has 1 heterocycles. The van der Waals surface area contributed by atoms with E-state index in [4.69, 9.17) is 15.9 Å². The summed E-state index contributed by atoms with van der Waals surface area (Å²) >= 11 is 0. The van der Waals surface area contributed by atoms with E-state index in [0.29, 0.717) is 0 Å². The summed E-state index contributed by atoms with van der Waals surface area (Å²) in [7, 11) is 0. The lowest BCUT2D eigenvalue weighted by molar-refractivity contribution is -0.138. The molecule has 16 heavy (non-hydrogen) atoms. The third kappa shape index (κ3) is 5.33. The fourth-order valence-corrected chi connectivity index (χ4v) is 0.973. The molecule has 0 spiro atoms. The van der Waals surface area contributed by atoms with Gasteiger partial charge in [-0.15, -0.1) is 0 Å². The molecule has 1 saturated heterocycles. The maximum absolute atomic E-state index is 10.4. The van der Waals surface area contributed by atoms with Gasteiger partial charge in [0.2, 0.25) is 0 Å². The quantitative estimate of drug-likeness (QED) is 0.538. The molecule has 1 aromatic rings. The standard InChI is InChI=1S/C9H11NO3.C2H5N/c10-8(9(12)13)5-6-1-3-7(11)4-2-6;1-2-3-1/h1-4,8,11H,5,10H2,(H,12,13);3H,1-2H2/t8-;/m0./s1. The zero-order valence-electron chi connectivity index (χ0n) is 8.89. The van der Waals surface area contributed by atoms with Gasteiger partial charge in [0.05, 0.1) is 0 Å². The Morgan fingerprint density at radius 3 is 2.25 bits per heavy atom. The van der Waals surface area contributed by atoms with Crippen molar-refractivity contribution in [1.82, 2.24) is 5.32 Å². The molecule has 0 aliphatic carbocycles. The van der Waals surface area contributed by atoms with Crippen LogP contribution in [0.3, 0.4) is 0 Å². The highest BCUT2D eigenvalue weighted by Crippen LogP contribution is 2.10. The Labute approximate surface area is 93.9 Å². The van der Waals surface area contributed by atoms with Gasteiger partial charge >= 0.3 is 5.97 Å². The van der Waals surface area contributed by atoms with E-state index in [1.165, 1.54) is 25.2 Å². The van der Waals surface area contributed by atoms with Crippen molar-refractivity contribution in [2.75, 3.05) is 13.1 Å². The number of carbonyl (C=O) groups is 1. The third-order valence-electron chi connectivity index (χ3n) is 1.96. The summed E-state index contributed by atoms with van der Waals surface area (Å²) in [6, 6.07) is 5.42. The van der Waals surface area contributed by atoms with Crippen molar-refractivity contribution in [3.8, 4) is 5.75 Å². The van der Waals surface area contributed by atoms with E-state index >= 15 is 0 Å². The number of nitrogens with two attached hydrogens (primary N) is 1. The second kappa shape index (κ2) is 6.09. The molecule has 0 radical (unpaired) electrons. The van der Waals surface area contributed by atoms with Gasteiger partial charge in [0.15, 0.2) is 0 Å². The average Bonchev–Trinajstić information content (AvgIpc) is 3.08. The molecule has 1 atom stereocenters. The Morgan fingerprint density at radius 1 is 1.38 bits per heavy atom. The highest BCUT2D eigenvalue weighted by molar-refractivity contribution is 5.73. The highest BCUT2D eigenvalue weighted by Gasteiger charge is 2.11. The van der Waals surface area contributed by atoms with E-state index in [-0.39, 0.29) is 12.2 Å². The maximum atomic E-state index is 10.4. The number of benzene rings is 1. The van der Waals surface area contributed by atoms with Gasteiger partial charge in [-0.3, -0.25) is 4.79 Å². The summed E-state index contributed by atoms with van der Waals surface area (Å²) in [4.78, 5) is 10.4. The van der Waals surface area contributed by atoms with Crippen LogP contribution >= 0.6 is 0 Å². The van der Waals surface area contributed by atoms with Crippen molar-refractivity contribution in [3.05, 3.63) is 29.8 Å². The zero-order chi connectivity index (χ0) is 12.0. The number of phenolic OH excluding ortho intramolecular Hbond substituents is 1. The topological polar surface area (TPSA) is 105 Å². The van der Waals surface area contributed by atoms with Crippen LogP contribution < -0.4 is 11.1 Å². The summed E-state index contributed by atoms with van der Waals surface area (Å²) in [6.45, 7) is 2.50. The minimum Gasteiger partial charge on any atom is -0.508 e. The number of hydrogen-bond donors (Lipinski definition) is 4. The molecule has 1 aromatic carbocycles. The Balaban J connectivity index is 0.000000365. The monoisotopic (exact) mass is 224 g/mol. The largest absolute Gasteiger partial charge is 0.508 e. The molecule has 0 unspecified atom stereocenters. The number of aromatic hydroxyl groups is 1. The predicted octanol–water partition coefficient (Wildman–Crippen LogP) is -0.0638. The molecular formula is C11H16N2O3. The highest BCUT2D eigenvalue weighted by atomic mass is 16.4.